The zero-order valence-corrected chi connectivity index (χ0v) is 18.7. The van der Waals surface area contributed by atoms with Crippen molar-refractivity contribution in [1.29, 1.82) is 0 Å². The molecular formula is C28H18N2O6. The molecule has 1 unspecified atom stereocenters. The molecule has 1 amide bonds. The minimum Gasteiger partial charge on any atom is -0.503 e. The van der Waals surface area contributed by atoms with E-state index < -0.39 is 23.5 Å². The molecule has 2 N–H and O–H groups in total. The second-order valence-electron chi connectivity index (χ2n) is 8.64. The number of nitrogens with one attached hydrogen (secondary N) is 1. The molecule has 8 heteroatoms. The number of fused-ring (bicyclic) bond motifs is 3. The number of Topliss-reactive ketones (excluding diaryl/α,β-unsaturated/α-hetero) is 1. The van der Waals surface area contributed by atoms with Gasteiger partial charge in [-0.1, -0.05) is 36.4 Å². The Hall–Kier alpha value is -4.98. The van der Waals surface area contributed by atoms with E-state index in [9.17, 15) is 14.7 Å². The van der Waals surface area contributed by atoms with Gasteiger partial charge in [0.25, 0.3) is 5.91 Å². The van der Waals surface area contributed by atoms with Gasteiger partial charge in [-0.25, -0.2) is 0 Å². The first kappa shape index (κ1) is 20.4. The van der Waals surface area contributed by atoms with Crippen LogP contribution in [0.1, 0.15) is 22.2 Å². The van der Waals surface area contributed by atoms with E-state index in [4.69, 9.17) is 13.9 Å². The summed E-state index contributed by atoms with van der Waals surface area (Å²) >= 11 is 0. The van der Waals surface area contributed by atoms with Gasteiger partial charge in [-0.3, -0.25) is 14.5 Å². The third kappa shape index (κ3) is 2.88. The van der Waals surface area contributed by atoms with Gasteiger partial charge in [-0.05, 0) is 30.3 Å². The molecule has 0 spiro atoms. The monoisotopic (exact) mass is 478 g/mol. The van der Waals surface area contributed by atoms with Gasteiger partial charge in [0.2, 0.25) is 12.6 Å². The van der Waals surface area contributed by atoms with Crippen LogP contribution < -0.4 is 14.4 Å². The number of hydrogen-bond acceptors (Lipinski definition) is 6. The van der Waals surface area contributed by atoms with Crippen LogP contribution in [0.4, 0.5) is 5.69 Å². The summed E-state index contributed by atoms with van der Waals surface area (Å²) in [5.41, 5.74) is 2.45. The number of ether oxygens (including phenoxy) is 2. The summed E-state index contributed by atoms with van der Waals surface area (Å²) in [5, 5.41) is 12.7. The molecule has 5 aromatic rings. The number of ketones is 1. The Labute approximate surface area is 204 Å². The molecule has 7 rings (SSSR count). The van der Waals surface area contributed by atoms with E-state index in [0.717, 1.165) is 16.3 Å². The van der Waals surface area contributed by atoms with Gasteiger partial charge in [0.1, 0.15) is 5.58 Å². The highest BCUT2D eigenvalue weighted by atomic mass is 16.7. The molecule has 0 bridgehead atoms. The van der Waals surface area contributed by atoms with Gasteiger partial charge >= 0.3 is 0 Å². The number of aliphatic hydroxyl groups is 1. The second-order valence-corrected chi connectivity index (χ2v) is 8.64. The molecule has 176 valence electrons. The Morgan fingerprint density at radius 3 is 2.67 bits per heavy atom. The van der Waals surface area contributed by atoms with Crippen molar-refractivity contribution in [2.75, 3.05) is 11.7 Å². The Morgan fingerprint density at radius 2 is 1.78 bits per heavy atom. The number of aromatic amines is 1. The largest absolute Gasteiger partial charge is 0.503 e. The predicted octanol–water partition coefficient (Wildman–Crippen LogP) is 5.43. The zero-order valence-electron chi connectivity index (χ0n) is 18.7. The molecular weight excluding hydrogens is 460 g/mol. The first-order chi connectivity index (χ1) is 17.6. The molecule has 2 aliphatic heterocycles. The summed E-state index contributed by atoms with van der Waals surface area (Å²) in [4.78, 5) is 32.0. The second kappa shape index (κ2) is 7.51. The molecule has 0 radical (unpaired) electrons. The summed E-state index contributed by atoms with van der Waals surface area (Å²) < 4.78 is 16.7. The molecule has 0 saturated heterocycles. The van der Waals surface area contributed by atoms with Gasteiger partial charge in [0.15, 0.2) is 23.0 Å². The Balaban J connectivity index is 1.42. The van der Waals surface area contributed by atoms with Crippen LogP contribution in [0.25, 0.3) is 21.9 Å². The number of H-pyrrole nitrogens is 1. The lowest BCUT2D eigenvalue weighted by atomic mass is 9.94. The molecule has 1 atom stereocenters. The molecule has 0 saturated carbocycles. The first-order valence-corrected chi connectivity index (χ1v) is 11.4. The molecule has 2 aromatic heterocycles. The lowest BCUT2D eigenvalue weighted by Crippen LogP contribution is -2.30. The van der Waals surface area contributed by atoms with Crippen LogP contribution in [-0.4, -0.2) is 28.6 Å². The maximum Gasteiger partial charge on any atom is 0.294 e. The fourth-order valence-electron chi connectivity index (χ4n) is 4.98. The minimum atomic E-state index is -0.908. The molecule has 36 heavy (non-hydrogen) atoms. The fourth-order valence-corrected chi connectivity index (χ4v) is 4.98. The lowest BCUT2D eigenvalue weighted by Gasteiger charge is -2.26. The van der Waals surface area contributed by atoms with Crippen LogP contribution in [0.15, 0.2) is 94.7 Å². The number of anilines is 1. The molecule has 0 fully saturated rings. The van der Waals surface area contributed by atoms with Gasteiger partial charge in [-0.2, -0.15) is 0 Å². The van der Waals surface area contributed by atoms with E-state index in [-0.39, 0.29) is 18.1 Å². The van der Waals surface area contributed by atoms with Gasteiger partial charge in [0.05, 0.1) is 11.6 Å². The number of aromatic nitrogens is 1. The summed E-state index contributed by atoms with van der Waals surface area (Å²) in [6.07, 6.45) is 1.76. The Morgan fingerprint density at radius 1 is 0.972 bits per heavy atom. The van der Waals surface area contributed by atoms with Crippen LogP contribution in [-0.2, 0) is 4.79 Å². The summed E-state index contributed by atoms with van der Waals surface area (Å²) in [6, 6.07) is 20.6. The lowest BCUT2D eigenvalue weighted by molar-refractivity contribution is -0.117. The molecule has 8 nitrogen and oxygen atoms in total. The first-order valence-electron chi connectivity index (χ1n) is 11.4. The molecule has 0 aliphatic carbocycles. The SMILES string of the molecule is O=C(C1=C(O)C(=O)N(c2ccc3c(c2)OCO3)C1c1c[nH]c2ccccc12)c1cc2ccccc2o1. The third-order valence-corrected chi connectivity index (χ3v) is 6.65. The maximum absolute atomic E-state index is 13.8. The summed E-state index contributed by atoms with van der Waals surface area (Å²) in [5.74, 6) is -0.783. The van der Waals surface area contributed by atoms with Crippen LogP contribution in [0.5, 0.6) is 11.5 Å². The number of rotatable bonds is 4. The van der Waals surface area contributed by atoms with Crippen molar-refractivity contribution in [3.8, 4) is 11.5 Å². The van der Waals surface area contributed by atoms with Crippen molar-refractivity contribution in [2.24, 2.45) is 0 Å². The van der Waals surface area contributed by atoms with Crippen LogP contribution in [0, 0.1) is 0 Å². The van der Waals surface area contributed by atoms with E-state index >= 15 is 0 Å². The number of carbonyl (C=O) groups is 2. The predicted molar refractivity (Wildman–Crippen MR) is 131 cm³/mol. The summed E-state index contributed by atoms with van der Waals surface area (Å²) in [6.45, 7) is 0.0812. The molecule has 4 heterocycles. The van der Waals surface area contributed by atoms with Gasteiger partial charge in [0, 0.05) is 39.8 Å². The van der Waals surface area contributed by atoms with Crippen molar-refractivity contribution in [3.05, 3.63) is 102 Å². The molecule has 3 aromatic carbocycles. The van der Waals surface area contributed by atoms with E-state index in [1.807, 2.05) is 42.5 Å². The van der Waals surface area contributed by atoms with E-state index in [2.05, 4.69) is 4.98 Å². The average molecular weight is 478 g/mol. The smallest absolute Gasteiger partial charge is 0.294 e. The Kier molecular flexibility index (Phi) is 4.26. The molecule has 2 aliphatic rings. The number of hydrogen-bond donors (Lipinski definition) is 2. The van der Waals surface area contributed by atoms with Crippen LogP contribution in [0.2, 0.25) is 0 Å². The standard InChI is InChI=1S/C28H18N2O6/c31-26(23-11-15-5-1-4-8-20(15)36-23)24-25(18-13-29-19-7-3-2-6-17(18)19)30(28(33)27(24)32)16-9-10-21-22(12-16)35-14-34-21/h1-13,25,29,32H,14H2. The average Bonchev–Trinajstić information content (AvgIpc) is 3.68. The van der Waals surface area contributed by atoms with Crippen molar-refractivity contribution in [2.45, 2.75) is 6.04 Å². The third-order valence-electron chi connectivity index (χ3n) is 6.65. The van der Waals surface area contributed by atoms with Crippen LogP contribution >= 0.6 is 0 Å². The summed E-state index contributed by atoms with van der Waals surface area (Å²) in [7, 11) is 0. The number of aliphatic hydroxyl groups excluding tert-OH is 1. The minimum absolute atomic E-state index is 0.0444. The highest BCUT2D eigenvalue weighted by molar-refractivity contribution is 6.21. The van der Waals surface area contributed by atoms with Crippen molar-refractivity contribution < 1.29 is 28.6 Å². The van der Waals surface area contributed by atoms with Crippen molar-refractivity contribution in [1.82, 2.24) is 4.98 Å². The van der Waals surface area contributed by atoms with Gasteiger partial charge < -0.3 is 24.0 Å². The quantitative estimate of drug-likeness (QED) is 0.334. The van der Waals surface area contributed by atoms with Crippen LogP contribution in [0.3, 0.4) is 0 Å². The Bertz CT molecular complexity index is 1710. The zero-order chi connectivity index (χ0) is 24.4. The number of amides is 1. The van der Waals surface area contributed by atoms with Gasteiger partial charge in [-0.15, -0.1) is 0 Å². The van der Waals surface area contributed by atoms with E-state index in [1.54, 1.807) is 36.5 Å². The number of furan rings is 1. The topological polar surface area (TPSA) is 105 Å². The van der Waals surface area contributed by atoms with Crippen molar-refractivity contribution >= 4 is 39.2 Å². The normalized spacial score (nSPS) is 17.1. The number of carbonyl (C=O) groups excluding carboxylic acids is 2. The number of benzene rings is 3. The highest BCUT2D eigenvalue weighted by Crippen LogP contribution is 2.46. The fraction of sp³-hybridized carbons (Fsp3) is 0.0714. The van der Waals surface area contributed by atoms with Crippen molar-refractivity contribution in [3.63, 3.8) is 0 Å². The highest BCUT2D eigenvalue weighted by Gasteiger charge is 2.46. The maximum atomic E-state index is 13.8. The van der Waals surface area contributed by atoms with E-state index in [0.29, 0.717) is 28.3 Å². The van der Waals surface area contributed by atoms with E-state index in [1.165, 1.54) is 4.90 Å². The number of nitrogens with zero attached hydrogens (tertiary/aromatic N) is 1. The number of para-hydroxylation sites is 2.